The van der Waals surface area contributed by atoms with Crippen LogP contribution in [0.2, 0.25) is 0 Å². The molecule has 0 spiro atoms. The number of rotatable bonds is 5. The molecule has 0 amide bonds. The first-order valence-electron chi connectivity index (χ1n) is 9.13. The Morgan fingerprint density at radius 1 is 1.46 bits per heavy atom. The van der Waals surface area contributed by atoms with E-state index in [1.165, 1.54) is 13.3 Å². The van der Waals surface area contributed by atoms with Gasteiger partial charge in [-0.05, 0) is 36.8 Å². The van der Waals surface area contributed by atoms with Gasteiger partial charge >= 0.3 is 5.97 Å². The number of hydrogen-bond acceptors (Lipinski definition) is 6. The van der Waals surface area contributed by atoms with Crippen molar-refractivity contribution in [3.8, 4) is 0 Å². The molecule has 9 nitrogen and oxygen atoms in total. The summed E-state index contributed by atoms with van der Waals surface area (Å²) in [5.41, 5.74) is 8.14. The van der Waals surface area contributed by atoms with Crippen LogP contribution >= 0.6 is 0 Å². The van der Waals surface area contributed by atoms with E-state index >= 15 is 0 Å². The van der Waals surface area contributed by atoms with Crippen LogP contribution in [0.1, 0.15) is 35.7 Å². The zero-order valence-electron chi connectivity index (χ0n) is 15.3. The topological polar surface area (TPSA) is 113 Å². The van der Waals surface area contributed by atoms with Crippen molar-refractivity contribution < 1.29 is 13.9 Å². The molecule has 2 aromatic heterocycles. The molecule has 1 atom stereocenters. The lowest BCUT2D eigenvalue weighted by atomic mass is 10.1. The van der Waals surface area contributed by atoms with Gasteiger partial charge in [0.05, 0.1) is 12.5 Å². The number of aromatic nitrogens is 2. The number of azide groups is 1. The molecule has 2 fully saturated rings. The predicted octanol–water partition coefficient (Wildman–Crippen LogP) is 2.79. The van der Waals surface area contributed by atoms with Gasteiger partial charge in [0, 0.05) is 36.8 Å². The second-order valence-corrected chi connectivity index (χ2v) is 7.18. The van der Waals surface area contributed by atoms with Gasteiger partial charge in [0.1, 0.15) is 11.2 Å². The van der Waals surface area contributed by atoms with E-state index in [4.69, 9.17) is 10.3 Å². The molecule has 146 valence electrons. The Labute approximate surface area is 159 Å². The zero-order valence-corrected chi connectivity index (χ0v) is 15.3. The van der Waals surface area contributed by atoms with Crippen LogP contribution in [0.5, 0.6) is 0 Å². The van der Waals surface area contributed by atoms with Crippen LogP contribution in [0.4, 0.5) is 10.2 Å². The smallest absolute Gasteiger partial charge is 0.343 e. The zero-order chi connectivity index (χ0) is 19.8. The van der Waals surface area contributed by atoms with Gasteiger partial charge in [0.2, 0.25) is 5.43 Å². The quantitative estimate of drug-likeness (QED) is 0.339. The van der Waals surface area contributed by atoms with Crippen LogP contribution in [0.3, 0.4) is 0 Å². The van der Waals surface area contributed by atoms with Gasteiger partial charge in [0.25, 0.3) is 0 Å². The van der Waals surface area contributed by atoms with Crippen molar-refractivity contribution in [1.29, 1.82) is 0 Å². The van der Waals surface area contributed by atoms with E-state index in [1.54, 1.807) is 4.57 Å². The summed E-state index contributed by atoms with van der Waals surface area (Å²) in [5, 5.41) is 3.67. The summed E-state index contributed by atoms with van der Waals surface area (Å²) in [7, 11) is 1.20. The number of halogens is 1. The van der Waals surface area contributed by atoms with Crippen molar-refractivity contribution in [2.75, 3.05) is 31.6 Å². The number of esters is 1. The van der Waals surface area contributed by atoms with E-state index in [2.05, 4.69) is 15.0 Å². The van der Waals surface area contributed by atoms with Crippen LogP contribution in [0.15, 0.2) is 22.2 Å². The first-order valence-corrected chi connectivity index (χ1v) is 9.13. The summed E-state index contributed by atoms with van der Waals surface area (Å²) < 4.78 is 21.3. The van der Waals surface area contributed by atoms with Gasteiger partial charge in [-0.15, -0.1) is 0 Å². The summed E-state index contributed by atoms with van der Waals surface area (Å²) >= 11 is 0. The minimum absolute atomic E-state index is 0.0703. The lowest BCUT2D eigenvalue weighted by molar-refractivity contribution is 0.0598. The number of ether oxygens (including phenoxy) is 1. The fraction of sp³-hybridized carbons (Fsp3) is 0.500. The monoisotopic (exact) mass is 386 g/mol. The molecule has 1 aliphatic carbocycles. The second kappa shape index (κ2) is 7.12. The Balaban J connectivity index is 1.80. The fourth-order valence-electron chi connectivity index (χ4n) is 3.67. The van der Waals surface area contributed by atoms with Crippen molar-refractivity contribution in [2.24, 2.45) is 11.0 Å². The second-order valence-electron chi connectivity index (χ2n) is 7.18. The van der Waals surface area contributed by atoms with Gasteiger partial charge in [-0.1, -0.05) is 5.11 Å². The molecule has 0 aromatic carbocycles. The van der Waals surface area contributed by atoms with E-state index in [1.807, 2.05) is 4.90 Å². The summed E-state index contributed by atoms with van der Waals surface area (Å²) in [5.74, 6) is -1.04. The molecule has 3 heterocycles. The predicted molar refractivity (Wildman–Crippen MR) is 99.9 cm³/mol. The van der Waals surface area contributed by atoms with Crippen molar-refractivity contribution in [2.45, 2.75) is 25.3 Å². The van der Waals surface area contributed by atoms with Crippen molar-refractivity contribution in [1.82, 2.24) is 9.55 Å². The molecule has 1 saturated heterocycles. The third kappa shape index (κ3) is 3.16. The van der Waals surface area contributed by atoms with Crippen molar-refractivity contribution in [3.63, 3.8) is 0 Å². The highest BCUT2D eigenvalue weighted by molar-refractivity contribution is 5.93. The van der Waals surface area contributed by atoms with E-state index in [-0.39, 0.29) is 28.7 Å². The lowest BCUT2D eigenvalue weighted by Gasteiger charge is -2.20. The number of nitrogens with zero attached hydrogens (tertiary/aromatic N) is 6. The van der Waals surface area contributed by atoms with E-state index in [0.717, 1.165) is 25.3 Å². The summed E-state index contributed by atoms with van der Waals surface area (Å²) in [6, 6.07) is 1.29. The Morgan fingerprint density at radius 2 is 2.25 bits per heavy atom. The maximum Gasteiger partial charge on any atom is 0.343 e. The highest BCUT2D eigenvalue weighted by Gasteiger charge is 2.30. The average molecular weight is 386 g/mol. The minimum Gasteiger partial charge on any atom is -0.465 e. The molecule has 2 aromatic rings. The number of carbonyl (C=O) groups is 1. The molecule has 0 unspecified atom stereocenters. The van der Waals surface area contributed by atoms with Crippen molar-refractivity contribution in [3.05, 3.63) is 44.3 Å². The molecule has 1 saturated carbocycles. The maximum atomic E-state index is 14.8. The standard InChI is InChI=1S/C18H19FN6O3/c1-28-18(27)13-9-25(11-2-3-11)16-12(15(13)26)6-14(19)17(22-16)24-5-4-10(8-24)7-21-23-20/h6,9-11H,2-5,7-8H2,1H3/t10-/m1/s1. The number of methoxy groups -OCH3 is 1. The Bertz CT molecular complexity index is 1060. The molecular weight excluding hydrogens is 367 g/mol. The number of anilines is 1. The summed E-state index contributed by atoms with van der Waals surface area (Å²) in [4.78, 5) is 33.7. The molecule has 0 radical (unpaired) electrons. The third-order valence-electron chi connectivity index (χ3n) is 5.27. The first-order chi connectivity index (χ1) is 13.5. The SMILES string of the molecule is COC(=O)c1cn(C2CC2)c2nc(N3CC[C@H](CN=[N+]=[N-])C3)c(F)cc2c1=O. The summed E-state index contributed by atoms with van der Waals surface area (Å²) in [6.07, 6.45) is 4.06. The highest BCUT2D eigenvalue weighted by atomic mass is 19.1. The van der Waals surface area contributed by atoms with Gasteiger partial charge in [-0.3, -0.25) is 4.79 Å². The number of pyridine rings is 2. The van der Waals surface area contributed by atoms with Crippen LogP contribution < -0.4 is 10.3 Å². The molecule has 0 bridgehead atoms. The fourth-order valence-corrected chi connectivity index (χ4v) is 3.67. The van der Waals surface area contributed by atoms with Crippen LogP contribution in [-0.2, 0) is 4.74 Å². The van der Waals surface area contributed by atoms with Gasteiger partial charge < -0.3 is 14.2 Å². The molecule has 1 aliphatic heterocycles. The van der Waals surface area contributed by atoms with Crippen LogP contribution in [0, 0.1) is 11.7 Å². The lowest BCUT2D eigenvalue weighted by Crippen LogP contribution is -2.25. The summed E-state index contributed by atoms with van der Waals surface area (Å²) in [6.45, 7) is 1.48. The molecule has 2 aliphatic rings. The molecule has 0 N–H and O–H groups in total. The van der Waals surface area contributed by atoms with Crippen LogP contribution in [-0.4, -0.2) is 42.3 Å². The van der Waals surface area contributed by atoms with E-state index in [9.17, 15) is 14.0 Å². The van der Waals surface area contributed by atoms with Gasteiger partial charge in [-0.25, -0.2) is 14.2 Å². The maximum absolute atomic E-state index is 14.8. The molecule has 28 heavy (non-hydrogen) atoms. The average Bonchev–Trinajstić information content (AvgIpc) is 3.43. The van der Waals surface area contributed by atoms with Gasteiger partial charge in [-0.2, -0.15) is 0 Å². The van der Waals surface area contributed by atoms with Crippen molar-refractivity contribution >= 4 is 22.8 Å². The number of hydrogen-bond donors (Lipinski definition) is 0. The molecule has 4 rings (SSSR count). The Kier molecular flexibility index (Phi) is 4.64. The highest BCUT2D eigenvalue weighted by Crippen LogP contribution is 2.37. The minimum atomic E-state index is -0.744. The first kappa shape index (κ1) is 18.2. The molecular formula is C18H19FN6O3. The molecule has 10 heteroatoms. The van der Waals surface area contributed by atoms with Crippen LogP contribution in [0.25, 0.3) is 21.5 Å². The van der Waals surface area contributed by atoms with E-state index < -0.39 is 17.2 Å². The van der Waals surface area contributed by atoms with Gasteiger partial charge in [0.15, 0.2) is 11.6 Å². The Hall–Kier alpha value is -3.13. The Morgan fingerprint density at radius 3 is 2.93 bits per heavy atom. The third-order valence-corrected chi connectivity index (χ3v) is 5.27. The number of fused-ring (bicyclic) bond motifs is 1. The number of carbonyl (C=O) groups excluding carboxylic acids is 1. The largest absolute Gasteiger partial charge is 0.465 e. The normalized spacial score (nSPS) is 18.9. The van der Waals surface area contributed by atoms with E-state index in [0.29, 0.717) is 25.3 Å².